The van der Waals surface area contributed by atoms with Gasteiger partial charge in [-0.15, -0.1) is 5.10 Å². The van der Waals surface area contributed by atoms with Crippen LogP contribution in [-0.4, -0.2) is 50.5 Å². The second-order valence-electron chi connectivity index (χ2n) is 7.42. The quantitative estimate of drug-likeness (QED) is 0.500. The third-order valence-corrected chi connectivity index (χ3v) is 5.79. The first-order valence-corrected chi connectivity index (χ1v) is 10.2. The summed E-state index contributed by atoms with van der Waals surface area (Å²) >= 11 is 5.93. The Bertz CT molecular complexity index is 1110. The van der Waals surface area contributed by atoms with Gasteiger partial charge in [-0.05, 0) is 43.9 Å². The molecule has 32 heavy (non-hydrogen) atoms. The van der Waals surface area contributed by atoms with Gasteiger partial charge in [-0.25, -0.2) is 13.9 Å². The molecule has 7 nitrogen and oxygen atoms in total. The molecule has 12 heteroatoms. The third-order valence-electron chi connectivity index (χ3n) is 5.49. The van der Waals surface area contributed by atoms with Crippen molar-refractivity contribution in [1.29, 1.82) is 0 Å². The van der Waals surface area contributed by atoms with Crippen molar-refractivity contribution >= 4 is 29.1 Å². The van der Waals surface area contributed by atoms with Crippen LogP contribution in [-0.2, 0) is 20.5 Å². The monoisotopic (exact) mass is 472 g/mol. The maximum atomic E-state index is 15.1. The predicted octanol–water partition coefficient (Wildman–Crippen LogP) is 3.79. The van der Waals surface area contributed by atoms with E-state index < -0.39 is 35.6 Å². The van der Waals surface area contributed by atoms with E-state index in [2.05, 4.69) is 10.3 Å². The minimum atomic E-state index is -4.73. The molecule has 1 aromatic heterocycles. The molecule has 0 aliphatic carbocycles. The molecule has 2 aromatic rings. The van der Waals surface area contributed by atoms with Gasteiger partial charge in [0.05, 0.1) is 23.5 Å². The van der Waals surface area contributed by atoms with Gasteiger partial charge in [0.1, 0.15) is 6.04 Å². The van der Waals surface area contributed by atoms with Crippen LogP contribution in [0, 0.1) is 5.82 Å². The number of alkyl halides is 3. The Morgan fingerprint density at radius 1 is 1.31 bits per heavy atom. The molecule has 0 radical (unpaired) electrons. The Labute approximate surface area is 184 Å². The van der Waals surface area contributed by atoms with Gasteiger partial charge in [-0.1, -0.05) is 16.8 Å². The average Bonchev–Trinajstić information content (AvgIpc) is 3.37. The lowest BCUT2D eigenvalue weighted by Gasteiger charge is -2.33. The van der Waals surface area contributed by atoms with E-state index in [0.717, 1.165) is 4.68 Å². The van der Waals surface area contributed by atoms with Crippen LogP contribution in [0.4, 0.5) is 17.6 Å². The lowest BCUT2D eigenvalue weighted by atomic mass is 9.92. The largest absolute Gasteiger partial charge is 0.464 e. The molecule has 2 aliphatic rings. The van der Waals surface area contributed by atoms with E-state index in [4.69, 9.17) is 16.3 Å². The molecule has 1 amide bonds. The lowest BCUT2D eigenvalue weighted by Crippen LogP contribution is -2.46. The number of carbonyl (C=O) groups excluding carboxylic acids is 2. The van der Waals surface area contributed by atoms with Crippen LogP contribution in [0.5, 0.6) is 0 Å². The molecule has 170 valence electrons. The molecule has 1 fully saturated rings. The van der Waals surface area contributed by atoms with Crippen LogP contribution in [0.3, 0.4) is 0 Å². The molecule has 0 bridgehead atoms. The Hall–Kier alpha value is -2.95. The van der Waals surface area contributed by atoms with Crippen molar-refractivity contribution in [3.05, 3.63) is 46.5 Å². The topological polar surface area (TPSA) is 77.3 Å². The summed E-state index contributed by atoms with van der Waals surface area (Å²) in [7, 11) is 0. The number of hydrogen-bond acceptors (Lipinski definition) is 5. The number of ether oxygens (including phenoxy) is 1. The lowest BCUT2D eigenvalue weighted by molar-refractivity contribution is -0.153. The Kier molecular flexibility index (Phi) is 5.70. The van der Waals surface area contributed by atoms with Crippen molar-refractivity contribution in [1.82, 2.24) is 19.9 Å². The van der Waals surface area contributed by atoms with Crippen molar-refractivity contribution in [2.24, 2.45) is 0 Å². The molecule has 0 spiro atoms. The number of hydrogen-bond donors (Lipinski definition) is 0. The summed E-state index contributed by atoms with van der Waals surface area (Å²) in [6.45, 7) is 1.84. The fourth-order valence-electron chi connectivity index (χ4n) is 4.15. The second kappa shape index (κ2) is 8.19. The first-order chi connectivity index (χ1) is 15.1. The summed E-state index contributed by atoms with van der Waals surface area (Å²) in [6, 6.07) is 1.39. The van der Waals surface area contributed by atoms with Crippen LogP contribution in [0.25, 0.3) is 11.3 Å². The molecular weight excluding hydrogens is 456 g/mol. The normalized spacial score (nSPS) is 20.9. The Balaban J connectivity index is 1.75. The van der Waals surface area contributed by atoms with Gasteiger partial charge < -0.3 is 9.64 Å². The summed E-state index contributed by atoms with van der Waals surface area (Å²) in [5.41, 5.74) is -1.17. The van der Waals surface area contributed by atoms with E-state index in [0.29, 0.717) is 19.0 Å². The molecule has 0 saturated carbocycles. The molecule has 4 rings (SSSR count). The zero-order valence-corrected chi connectivity index (χ0v) is 17.5. The second-order valence-corrected chi connectivity index (χ2v) is 7.83. The number of carbonyl (C=O) groups is 2. The third kappa shape index (κ3) is 3.85. The van der Waals surface area contributed by atoms with Crippen LogP contribution in [0.15, 0.2) is 24.4 Å². The van der Waals surface area contributed by atoms with Gasteiger partial charge in [0.2, 0.25) is 5.91 Å². The van der Waals surface area contributed by atoms with E-state index in [9.17, 15) is 22.8 Å². The molecule has 1 aromatic carbocycles. The van der Waals surface area contributed by atoms with Crippen molar-refractivity contribution < 1.29 is 31.9 Å². The molecular formula is C20H17ClF4N4O3. The zero-order chi connectivity index (χ0) is 23.2. The number of benzene rings is 1. The van der Waals surface area contributed by atoms with E-state index in [1.807, 2.05) is 0 Å². The summed E-state index contributed by atoms with van der Waals surface area (Å²) in [4.78, 5) is 26.5. The number of nitrogens with zero attached hydrogens (tertiary/aromatic N) is 4. The highest BCUT2D eigenvalue weighted by Gasteiger charge is 2.44. The van der Waals surface area contributed by atoms with E-state index in [1.165, 1.54) is 23.1 Å². The predicted molar refractivity (Wildman–Crippen MR) is 104 cm³/mol. The molecule has 1 unspecified atom stereocenters. The maximum absolute atomic E-state index is 15.1. The van der Waals surface area contributed by atoms with Gasteiger partial charge in [0.25, 0.3) is 0 Å². The average molecular weight is 473 g/mol. The first kappa shape index (κ1) is 22.3. The summed E-state index contributed by atoms with van der Waals surface area (Å²) in [6.07, 6.45) is -1.84. The highest BCUT2D eigenvalue weighted by molar-refractivity contribution is 6.31. The van der Waals surface area contributed by atoms with E-state index >= 15 is 4.39 Å². The molecule has 0 N–H and O–H groups in total. The number of rotatable bonds is 4. The summed E-state index contributed by atoms with van der Waals surface area (Å²) in [5, 5.41) is 6.32. The molecule has 1 saturated heterocycles. The first-order valence-electron chi connectivity index (χ1n) is 9.79. The van der Waals surface area contributed by atoms with Crippen molar-refractivity contribution in [2.45, 2.75) is 44.4 Å². The molecule has 2 atom stereocenters. The summed E-state index contributed by atoms with van der Waals surface area (Å²) in [5.74, 6) is -1.90. The van der Waals surface area contributed by atoms with Gasteiger partial charge in [-0.2, -0.15) is 13.2 Å². The van der Waals surface area contributed by atoms with Gasteiger partial charge in [0.15, 0.2) is 11.5 Å². The van der Waals surface area contributed by atoms with Crippen LogP contribution < -0.4 is 0 Å². The fraction of sp³-hybridized carbons (Fsp3) is 0.400. The van der Waals surface area contributed by atoms with Crippen LogP contribution >= 0.6 is 11.6 Å². The summed E-state index contributed by atoms with van der Waals surface area (Å²) < 4.78 is 59.8. The minimum Gasteiger partial charge on any atom is -0.464 e. The maximum Gasteiger partial charge on any atom is 0.436 e. The molecule has 2 aliphatic heterocycles. The van der Waals surface area contributed by atoms with Crippen molar-refractivity contribution in [3.63, 3.8) is 0 Å². The Morgan fingerprint density at radius 2 is 2.06 bits per heavy atom. The number of fused-ring (bicyclic) bond motifs is 1. The number of halogens is 5. The van der Waals surface area contributed by atoms with Gasteiger partial charge >= 0.3 is 12.1 Å². The minimum absolute atomic E-state index is 0.0395. The van der Waals surface area contributed by atoms with E-state index in [1.54, 1.807) is 6.92 Å². The standard InChI is InChI=1S/C20H17ClF4N4O3/c1-2-32-19(31)14-5-3-11-7-10(8-16(30)29(11)14)17-13(6-4-12(21)18(17)22)28-9-15(26-27-28)20(23,24)25/h4,6,8-9,11,14H,2-3,5,7H2,1H3/t11?,14-/m0/s1. The molecule has 3 heterocycles. The van der Waals surface area contributed by atoms with Gasteiger partial charge in [-0.3, -0.25) is 4.79 Å². The number of aromatic nitrogens is 3. The number of esters is 1. The highest BCUT2D eigenvalue weighted by atomic mass is 35.5. The zero-order valence-electron chi connectivity index (χ0n) is 16.7. The SMILES string of the molecule is CCOC(=O)[C@@H]1CCC2CC(c3c(-n4cc(C(F)(F)F)nn4)ccc(Cl)c3F)=CC(=O)N21. The van der Waals surface area contributed by atoms with Crippen molar-refractivity contribution in [3.8, 4) is 5.69 Å². The number of amides is 1. The highest BCUT2D eigenvalue weighted by Crippen LogP contribution is 2.40. The van der Waals surface area contributed by atoms with Gasteiger partial charge in [0, 0.05) is 17.7 Å². The smallest absolute Gasteiger partial charge is 0.436 e. The van der Waals surface area contributed by atoms with E-state index in [-0.39, 0.29) is 40.9 Å². The van der Waals surface area contributed by atoms with Crippen LogP contribution in [0.1, 0.15) is 37.4 Å². The van der Waals surface area contributed by atoms with Crippen molar-refractivity contribution in [2.75, 3.05) is 6.61 Å². The fourth-order valence-corrected chi connectivity index (χ4v) is 4.30. The van der Waals surface area contributed by atoms with Crippen LogP contribution in [0.2, 0.25) is 5.02 Å². The Morgan fingerprint density at radius 3 is 2.72 bits per heavy atom.